The van der Waals surface area contributed by atoms with Crippen LogP contribution < -0.4 is 9.62 Å². The van der Waals surface area contributed by atoms with Crippen LogP contribution >= 0.6 is 11.6 Å². The van der Waals surface area contributed by atoms with Gasteiger partial charge in [0, 0.05) is 30.6 Å². The Labute approximate surface area is 232 Å². The highest BCUT2D eigenvalue weighted by molar-refractivity contribution is 7.92. The minimum Gasteiger partial charge on any atom is -0.352 e. The van der Waals surface area contributed by atoms with Crippen molar-refractivity contribution in [3.63, 3.8) is 0 Å². The lowest BCUT2D eigenvalue weighted by Gasteiger charge is -2.32. The average Bonchev–Trinajstić information content (AvgIpc) is 2.84. The molecule has 1 aliphatic rings. The summed E-state index contributed by atoms with van der Waals surface area (Å²) in [6, 6.07) is 12.4. The third-order valence-electron chi connectivity index (χ3n) is 7.06. The fourth-order valence-electron chi connectivity index (χ4n) is 5.06. The van der Waals surface area contributed by atoms with Crippen molar-refractivity contribution >= 4 is 39.1 Å². The Morgan fingerprint density at radius 1 is 1.05 bits per heavy atom. The number of sulfonamides is 1. The van der Waals surface area contributed by atoms with Crippen LogP contribution in [-0.2, 0) is 26.2 Å². The van der Waals surface area contributed by atoms with Crippen molar-refractivity contribution in [2.75, 3.05) is 17.1 Å². The maximum Gasteiger partial charge on any atom is 0.242 e. The Kier molecular flexibility index (Phi) is 10.6. The van der Waals surface area contributed by atoms with Crippen LogP contribution in [0.5, 0.6) is 0 Å². The molecule has 0 aromatic heterocycles. The molecule has 0 saturated heterocycles. The Balaban J connectivity index is 1.74. The summed E-state index contributed by atoms with van der Waals surface area (Å²) in [6.45, 7) is 5.95. The van der Waals surface area contributed by atoms with Gasteiger partial charge in [0.15, 0.2) is 0 Å². The maximum absolute atomic E-state index is 13.5. The Hall–Kier alpha value is -2.58. The van der Waals surface area contributed by atoms with Gasteiger partial charge >= 0.3 is 0 Å². The van der Waals surface area contributed by atoms with Gasteiger partial charge < -0.3 is 10.2 Å². The summed E-state index contributed by atoms with van der Waals surface area (Å²) in [7, 11) is -3.54. The van der Waals surface area contributed by atoms with Crippen molar-refractivity contribution < 1.29 is 18.0 Å². The molecule has 2 amide bonds. The molecule has 1 unspecified atom stereocenters. The monoisotopic (exact) mass is 561 g/mol. The predicted octanol–water partition coefficient (Wildman–Crippen LogP) is 5.37. The van der Waals surface area contributed by atoms with Crippen LogP contribution in [0.3, 0.4) is 0 Å². The number of rotatable bonds is 11. The van der Waals surface area contributed by atoms with E-state index in [0.29, 0.717) is 17.1 Å². The van der Waals surface area contributed by atoms with E-state index >= 15 is 0 Å². The molecule has 208 valence electrons. The number of hydrogen-bond donors (Lipinski definition) is 1. The summed E-state index contributed by atoms with van der Waals surface area (Å²) in [4.78, 5) is 28.2. The second-order valence-electron chi connectivity index (χ2n) is 10.4. The first-order valence-corrected chi connectivity index (χ1v) is 15.6. The molecule has 0 spiro atoms. The molecule has 9 heteroatoms. The van der Waals surface area contributed by atoms with Crippen LogP contribution in [0.15, 0.2) is 42.5 Å². The minimum atomic E-state index is -3.54. The standard InChI is InChI=1S/C29H40ClN3O4S/c1-21-17-22(2)19-26(18-21)33(38(4,36)37)16-10-15-28(34)32(20-24-11-8-9-14-27(24)30)23(3)29(35)31-25-12-6-5-7-13-25/h8-9,11,14,17-19,23,25H,5-7,10,12-13,15-16,20H2,1-4H3,(H,31,35). The zero-order valence-electron chi connectivity index (χ0n) is 22.9. The van der Waals surface area contributed by atoms with Crippen LogP contribution in [0.25, 0.3) is 0 Å². The van der Waals surface area contributed by atoms with Crippen molar-refractivity contribution in [2.24, 2.45) is 0 Å². The van der Waals surface area contributed by atoms with E-state index in [1.807, 2.05) is 50.2 Å². The zero-order valence-corrected chi connectivity index (χ0v) is 24.4. The molecule has 1 N–H and O–H groups in total. The van der Waals surface area contributed by atoms with Crippen molar-refractivity contribution in [1.29, 1.82) is 0 Å². The molecule has 1 aliphatic carbocycles. The lowest BCUT2D eigenvalue weighted by molar-refractivity contribution is -0.141. The molecular weight excluding hydrogens is 522 g/mol. The number of hydrogen-bond acceptors (Lipinski definition) is 4. The first kappa shape index (κ1) is 30.0. The predicted molar refractivity (Wildman–Crippen MR) is 154 cm³/mol. The third kappa shape index (κ3) is 8.46. The van der Waals surface area contributed by atoms with Gasteiger partial charge in [-0.1, -0.05) is 55.1 Å². The zero-order chi connectivity index (χ0) is 27.9. The molecule has 0 heterocycles. The molecule has 2 aromatic rings. The van der Waals surface area contributed by atoms with Gasteiger partial charge in [0.25, 0.3) is 0 Å². The van der Waals surface area contributed by atoms with E-state index in [2.05, 4.69) is 5.32 Å². The van der Waals surface area contributed by atoms with E-state index in [1.54, 1.807) is 17.9 Å². The molecule has 0 aliphatic heterocycles. The van der Waals surface area contributed by atoms with Gasteiger partial charge in [0.05, 0.1) is 11.9 Å². The van der Waals surface area contributed by atoms with Crippen molar-refractivity contribution in [1.82, 2.24) is 10.2 Å². The number of nitrogens with zero attached hydrogens (tertiary/aromatic N) is 2. The summed E-state index contributed by atoms with van der Waals surface area (Å²) in [6.07, 6.45) is 6.88. The number of halogens is 1. The van der Waals surface area contributed by atoms with E-state index in [1.165, 1.54) is 17.0 Å². The fourth-order valence-corrected chi connectivity index (χ4v) is 6.20. The lowest BCUT2D eigenvalue weighted by Crippen LogP contribution is -2.50. The molecule has 0 radical (unpaired) electrons. The number of nitrogens with one attached hydrogen (secondary N) is 1. The van der Waals surface area contributed by atoms with Crippen LogP contribution in [0.2, 0.25) is 5.02 Å². The van der Waals surface area contributed by atoms with E-state index < -0.39 is 16.1 Å². The highest BCUT2D eigenvalue weighted by atomic mass is 35.5. The number of benzene rings is 2. The molecule has 1 fully saturated rings. The Bertz CT molecular complexity index is 1210. The molecular formula is C29H40ClN3O4S. The van der Waals surface area contributed by atoms with Crippen LogP contribution in [0.1, 0.15) is 68.6 Å². The van der Waals surface area contributed by atoms with Gasteiger partial charge in [-0.25, -0.2) is 8.42 Å². The van der Waals surface area contributed by atoms with Crippen molar-refractivity contribution in [3.8, 4) is 0 Å². The van der Waals surface area contributed by atoms with Crippen molar-refractivity contribution in [2.45, 2.75) is 84.3 Å². The smallest absolute Gasteiger partial charge is 0.242 e. The second-order valence-corrected chi connectivity index (χ2v) is 12.7. The Morgan fingerprint density at radius 3 is 2.29 bits per heavy atom. The van der Waals surface area contributed by atoms with E-state index in [-0.39, 0.29) is 37.4 Å². The van der Waals surface area contributed by atoms with E-state index in [9.17, 15) is 18.0 Å². The van der Waals surface area contributed by atoms with E-state index in [0.717, 1.165) is 42.4 Å². The second kappa shape index (κ2) is 13.5. The number of carbonyl (C=O) groups is 2. The number of carbonyl (C=O) groups excluding carboxylic acids is 2. The van der Waals surface area contributed by atoms with Crippen molar-refractivity contribution in [3.05, 3.63) is 64.2 Å². The molecule has 3 rings (SSSR count). The van der Waals surface area contributed by atoms with Crippen LogP contribution in [-0.4, -0.2) is 50.0 Å². The SMILES string of the molecule is Cc1cc(C)cc(N(CCCC(=O)N(Cc2ccccc2Cl)C(C)C(=O)NC2CCCCC2)S(C)(=O)=O)c1. The first-order chi connectivity index (χ1) is 18.0. The minimum absolute atomic E-state index is 0.0995. The summed E-state index contributed by atoms with van der Waals surface area (Å²) < 4.78 is 26.5. The van der Waals surface area contributed by atoms with Crippen LogP contribution in [0.4, 0.5) is 5.69 Å². The normalized spacial score (nSPS) is 15.1. The van der Waals surface area contributed by atoms with Gasteiger partial charge in [-0.3, -0.25) is 13.9 Å². The topological polar surface area (TPSA) is 86.8 Å². The largest absolute Gasteiger partial charge is 0.352 e. The maximum atomic E-state index is 13.5. The Morgan fingerprint density at radius 2 is 1.68 bits per heavy atom. The molecule has 1 atom stereocenters. The summed E-state index contributed by atoms with van der Waals surface area (Å²) >= 11 is 6.39. The van der Waals surface area contributed by atoms with Crippen LogP contribution in [0, 0.1) is 13.8 Å². The molecule has 1 saturated carbocycles. The van der Waals surface area contributed by atoms with E-state index in [4.69, 9.17) is 11.6 Å². The number of anilines is 1. The fraction of sp³-hybridized carbons (Fsp3) is 0.517. The molecule has 7 nitrogen and oxygen atoms in total. The van der Waals surface area contributed by atoms with Gasteiger partial charge in [0.1, 0.15) is 6.04 Å². The summed E-state index contributed by atoms with van der Waals surface area (Å²) in [5, 5.41) is 3.66. The lowest BCUT2D eigenvalue weighted by atomic mass is 9.95. The third-order valence-corrected chi connectivity index (χ3v) is 8.63. The van der Waals surface area contributed by atoms with Gasteiger partial charge in [-0.05, 0) is 74.9 Å². The van der Waals surface area contributed by atoms with Gasteiger partial charge in [0.2, 0.25) is 21.8 Å². The highest BCUT2D eigenvalue weighted by Gasteiger charge is 2.29. The summed E-state index contributed by atoms with van der Waals surface area (Å²) in [5.41, 5.74) is 3.28. The molecule has 2 aromatic carbocycles. The summed E-state index contributed by atoms with van der Waals surface area (Å²) in [5.74, 6) is -0.393. The average molecular weight is 562 g/mol. The number of amides is 2. The van der Waals surface area contributed by atoms with Gasteiger partial charge in [-0.2, -0.15) is 0 Å². The molecule has 38 heavy (non-hydrogen) atoms. The number of aryl methyl sites for hydroxylation is 2. The first-order valence-electron chi connectivity index (χ1n) is 13.3. The van der Waals surface area contributed by atoms with Gasteiger partial charge in [-0.15, -0.1) is 0 Å². The quantitative estimate of drug-likeness (QED) is 0.399. The highest BCUT2D eigenvalue weighted by Crippen LogP contribution is 2.24. The molecule has 0 bridgehead atoms.